The Balaban J connectivity index is 1.57. The summed E-state index contributed by atoms with van der Waals surface area (Å²) in [6, 6.07) is 12.1. The second-order valence-corrected chi connectivity index (χ2v) is 9.39. The van der Waals surface area contributed by atoms with Gasteiger partial charge in [-0.1, -0.05) is 18.2 Å². The third-order valence-electron chi connectivity index (χ3n) is 5.58. The minimum atomic E-state index is -0.0759. The molecule has 4 rings (SSSR count). The molecule has 6 nitrogen and oxygen atoms in total. The first kappa shape index (κ1) is 19.6. The van der Waals surface area contributed by atoms with Gasteiger partial charge in [0.1, 0.15) is 0 Å². The van der Waals surface area contributed by atoms with E-state index in [0.717, 1.165) is 29.4 Å². The van der Waals surface area contributed by atoms with Gasteiger partial charge in [0.15, 0.2) is 5.82 Å². The molecule has 1 aliphatic heterocycles. The lowest BCUT2D eigenvalue weighted by atomic mass is 9.79. The standard InChI is InChI=1S/C23H29N5O/c1-15-18(21(29)25-17-12-22(2,3)27-23(4,5)13-17)14-24-28(15)20-11-10-16-8-6-7-9-19(16)26-20/h6-11,14,17,27H,12-13H2,1-5H3,(H,25,29). The predicted molar refractivity (Wildman–Crippen MR) is 115 cm³/mol. The third-order valence-corrected chi connectivity index (χ3v) is 5.58. The third kappa shape index (κ3) is 4.03. The fraction of sp³-hybridized carbons (Fsp3) is 0.435. The van der Waals surface area contributed by atoms with Gasteiger partial charge in [0.05, 0.1) is 23.0 Å². The number of rotatable bonds is 3. The predicted octanol–water partition coefficient (Wildman–Crippen LogP) is 3.77. The van der Waals surface area contributed by atoms with Gasteiger partial charge in [-0.15, -0.1) is 0 Å². The highest BCUT2D eigenvalue weighted by atomic mass is 16.1. The molecule has 0 saturated carbocycles. The van der Waals surface area contributed by atoms with Crippen LogP contribution in [0.15, 0.2) is 42.6 Å². The van der Waals surface area contributed by atoms with Gasteiger partial charge in [0.2, 0.25) is 0 Å². The van der Waals surface area contributed by atoms with E-state index >= 15 is 0 Å². The summed E-state index contributed by atoms with van der Waals surface area (Å²) in [6.07, 6.45) is 3.42. The number of carbonyl (C=O) groups is 1. The molecule has 152 valence electrons. The zero-order chi connectivity index (χ0) is 20.8. The van der Waals surface area contributed by atoms with E-state index in [-0.39, 0.29) is 23.0 Å². The molecule has 6 heteroatoms. The first-order chi connectivity index (χ1) is 13.6. The molecule has 1 aliphatic rings. The van der Waals surface area contributed by atoms with E-state index in [1.165, 1.54) is 0 Å². The molecular weight excluding hydrogens is 362 g/mol. The van der Waals surface area contributed by atoms with Crippen LogP contribution in [0.3, 0.4) is 0 Å². The number of aromatic nitrogens is 3. The number of nitrogens with zero attached hydrogens (tertiary/aromatic N) is 3. The Hall–Kier alpha value is -2.73. The van der Waals surface area contributed by atoms with Crippen LogP contribution in [0.1, 0.15) is 56.6 Å². The average molecular weight is 392 g/mol. The van der Waals surface area contributed by atoms with E-state index in [9.17, 15) is 4.79 Å². The molecule has 0 aliphatic carbocycles. The molecule has 0 unspecified atom stereocenters. The summed E-state index contributed by atoms with van der Waals surface area (Å²) >= 11 is 0. The molecule has 2 N–H and O–H groups in total. The minimum Gasteiger partial charge on any atom is -0.349 e. The van der Waals surface area contributed by atoms with Crippen LogP contribution >= 0.6 is 0 Å². The minimum absolute atomic E-state index is 0.0199. The van der Waals surface area contributed by atoms with Crippen LogP contribution in [-0.4, -0.2) is 37.8 Å². The maximum atomic E-state index is 13.0. The van der Waals surface area contributed by atoms with Crippen molar-refractivity contribution < 1.29 is 4.79 Å². The molecular formula is C23H29N5O. The van der Waals surface area contributed by atoms with E-state index in [2.05, 4.69) is 43.4 Å². The monoisotopic (exact) mass is 391 g/mol. The number of fused-ring (bicyclic) bond motifs is 1. The number of carbonyl (C=O) groups excluding carboxylic acids is 1. The maximum absolute atomic E-state index is 13.0. The van der Waals surface area contributed by atoms with Crippen LogP contribution in [0.2, 0.25) is 0 Å². The Kier molecular flexibility index (Phi) is 4.69. The summed E-state index contributed by atoms with van der Waals surface area (Å²) in [4.78, 5) is 17.7. The molecule has 0 bridgehead atoms. The lowest BCUT2D eigenvalue weighted by Gasteiger charge is -2.46. The summed E-state index contributed by atoms with van der Waals surface area (Å²) in [7, 11) is 0. The van der Waals surface area contributed by atoms with Gasteiger partial charge in [-0.3, -0.25) is 4.79 Å². The Morgan fingerprint density at radius 2 is 1.79 bits per heavy atom. The number of para-hydroxylation sites is 1. The summed E-state index contributed by atoms with van der Waals surface area (Å²) in [5.74, 6) is 0.637. The van der Waals surface area contributed by atoms with Gasteiger partial charge in [0.25, 0.3) is 5.91 Å². The zero-order valence-corrected chi connectivity index (χ0v) is 17.8. The number of nitrogens with one attached hydrogen (secondary N) is 2. The van der Waals surface area contributed by atoms with Crippen LogP contribution < -0.4 is 10.6 Å². The summed E-state index contributed by atoms with van der Waals surface area (Å²) in [5.41, 5.74) is 2.25. The van der Waals surface area contributed by atoms with Crippen molar-refractivity contribution in [3.63, 3.8) is 0 Å². The molecule has 29 heavy (non-hydrogen) atoms. The second kappa shape index (κ2) is 6.95. The normalized spacial score (nSPS) is 18.7. The quantitative estimate of drug-likeness (QED) is 0.713. The van der Waals surface area contributed by atoms with Gasteiger partial charge in [-0.05, 0) is 65.7 Å². The highest BCUT2D eigenvalue weighted by Crippen LogP contribution is 2.29. The molecule has 1 fully saturated rings. The Labute approximate surface area is 171 Å². The van der Waals surface area contributed by atoms with E-state index in [1.54, 1.807) is 10.9 Å². The van der Waals surface area contributed by atoms with Gasteiger partial charge in [-0.2, -0.15) is 5.10 Å². The van der Waals surface area contributed by atoms with Gasteiger partial charge < -0.3 is 10.6 Å². The van der Waals surface area contributed by atoms with Crippen LogP contribution in [0.4, 0.5) is 0 Å². The van der Waals surface area contributed by atoms with Gasteiger partial charge in [-0.25, -0.2) is 9.67 Å². The van der Waals surface area contributed by atoms with Crippen LogP contribution in [0.25, 0.3) is 16.7 Å². The Morgan fingerprint density at radius 1 is 1.10 bits per heavy atom. The average Bonchev–Trinajstić information content (AvgIpc) is 3.00. The molecule has 0 radical (unpaired) electrons. The first-order valence-corrected chi connectivity index (χ1v) is 10.1. The van der Waals surface area contributed by atoms with Crippen LogP contribution in [-0.2, 0) is 0 Å². The van der Waals surface area contributed by atoms with Gasteiger partial charge >= 0.3 is 0 Å². The topological polar surface area (TPSA) is 71.8 Å². The van der Waals surface area contributed by atoms with Crippen molar-refractivity contribution in [2.24, 2.45) is 0 Å². The summed E-state index contributed by atoms with van der Waals surface area (Å²) < 4.78 is 1.73. The van der Waals surface area contributed by atoms with Crippen molar-refractivity contribution in [3.8, 4) is 5.82 Å². The van der Waals surface area contributed by atoms with Crippen molar-refractivity contribution in [2.75, 3.05) is 0 Å². The molecule has 1 saturated heterocycles. The number of hydrogen-bond acceptors (Lipinski definition) is 4. The van der Waals surface area contributed by atoms with Crippen molar-refractivity contribution in [2.45, 2.75) is 64.6 Å². The van der Waals surface area contributed by atoms with Crippen LogP contribution in [0, 0.1) is 6.92 Å². The number of pyridine rings is 1. The number of hydrogen-bond donors (Lipinski definition) is 2. The van der Waals surface area contributed by atoms with E-state index in [1.807, 2.05) is 43.3 Å². The number of piperidine rings is 1. The fourth-order valence-electron chi connectivity index (χ4n) is 4.72. The molecule has 2 aromatic heterocycles. The molecule has 3 aromatic rings. The lowest BCUT2D eigenvalue weighted by molar-refractivity contribution is 0.0872. The SMILES string of the molecule is Cc1c(C(=O)NC2CC(C)(C)NC(C)(C)C2)cnn1-c1ccc2ccccc2n1. The van der Waals surface area contributed by atoms with E-state index in [0.29, 0.717) is 11.4 Å². The lowest BCUT2D eigenvalue weighted by Crippen LogP contribution is -2.62. The highest BCUT2D eigenvalue weighted by molar-refractivity contribution is 5.95. The summed E-state index contributed by atoms with van der Waals surface area (Å²) in [5, 5.41) is 12.4. The zero-order valence-electron chi connectivity index (χ0n) is 17.8. The molecule has 3 heterocycles. The Morgan fingerprint density at radius 3 is 2.52 bits per heavy atom. The second-order valence-electron chi connectivity index (χ2n) is 9.39. The van der Waals surface area contributed by atoms with E-state index < -0.39 is 0 Å². The number of amides is 1. The van der Waals surface area contributed by atoms with Crippen molar-refractivity contribution in [1.29, 1.82) is 0 Å². The maximum Gasteiger partial charge on any atom is 0.254 e. The molecule has 0 spiro atoms. The van der Waals surface area contributed by atoms with Crippen LogP contribution in [0.5, 0.6) is 0 Å². The smallest absolute Gasteiger partial charge is 0.254 e. The summed E-state index contributed by atoms with van der Waals surface area (Å²) in [6.45, 7) is 10.6. The van der Waals surface area contributed by atoms with Crippen molar-refractivity contribution in [3.05, 3.63) is 53.9 Å². The van der Waals surface area contributed by atoms with Crippen molar-refractivity contribution >= 4 is 16.8 Å². The van der Waals surface area contributed by atoms with E-state index in [4.69, 9.17) is 4.98 Å². The molecule has 1 amide bonds. The fourth-order valence-corrected chi connectivity index (χ4v) is 4.72. The largest absolute Gasteiger partial charge is 0.349 e. The number of benzene rings is 1. The molecule has 0 atom stereocenters. The highest BCUT2D eigenvalue weighted by Gasteiger charge is 2.38. The Bertz CT molecular complexity index is 1050. The molecule has 1 aromatic carbocycles. The van der Waals surface area contributed by atoms with Gasteiger partial charge in [0, 0.05) is 22.5 Å². The first-order valence-electron chi connectivity index (χ1n) is 10.1. The van der Waals surface area contributed by atoms with Crippen molar-refractivity contribution in [1.82, 2.24) is 25.4 Å².